The smallest absolute Gasteiger partial charge is 0.242 e. The zero-order valence-electron chi connectivity index (χ0n) is 7.38. The third-order valence-corrected chi connectivity index (χ3v) is 1.75. The number of hydrogen-bond acceptors (Lipinski definition) is 4. The summed E-state index contributed by atoms with van der Waals surface area (Å²) in [5, 5.41) is 7.13. The normalized spacial score (nSPS) is 11.3. The van der Waals surface area contributed by atoms with Gasteiger partial charge >= 0.3 is 5.69 Å². The number of imidazole rings is 1. The Morgan fingerprint density at radius 3 is 2.85 bits per heavy atom. The molecule has 0 atom stereocenters. The minimum atomic E-state index is -0.361. The molecule has 0 fully saturated rings. The van der Waals surface area contributed by atoms with Crippen LogP contribution in [0, 0.1) is 0 Å². The Kier molecular flexibility index (Phi) is 1.61. The van der Waals surface area contributed by atoms with E-state index in [-0.39, 0.29) is 11.7 Å². The molecular formula is C7H9N5O. The van der Waals surface area contributed by atoms with Gasteiger partial charge in [-0.2, -0.15) is 0 Å². The maximum Gasteiger partial charge on any atom is 0.381 e. The molecule has 0 saturated carbocycles. The van der Waals surface area contributed by atoms with Gasteiger partial charge in [-0.05, 0) is 13.8 Å². The molecule has 0 aliphatic carbocycles. The van der Waals surface area contributed by atoms with Crippen molar-refractivity contribution in [3.63, 3.8) is 0 Å². The van der Waals surface area contributed by atoms with Gasteiger partial charge in [-0.3, -0.25) is 0 Å². The van der Waals surface area contributed by atoms with Gasteiger partial charge in [0.05, 0.1) is 6.04 Å². The zero-order valence-corrected chi connectivity index (χ0v) is 7.38. The van der Waals surface area contributed by atoms with Crippen LogP contribution in [0.25, 0.3) is 5.78 Å². The first-order chi connectivity index (χ1) is 6.20. The van der Waals surface area contributed by atoms with Crippen LogP contribution >= 0.6 is 0 Å². The maximum atomic E-state index is 11.3. The van der Waals surface area contributed by atoms with Crippen LogP contribution in [0.15, 0.2) is 17.2 Å². The van der Waals surface area contributed by atoms with Crippen LogP contribution < -0.4 is 5.69 Å². The highest BCUT2D eigenvalue weighted by atomic mass is 16.2. The molecule has 0 aliphatic heterocycles. The summed E-state index contributed by atoms with van der Waals surface area (Å²) in [6.45, 7) is 3.81. The molecule has 0 unspecified atom stereocenters. The van der Waals surface area contributed by atoms with Gasteiger partial charge in [0.2, 0.25) is 0 Å². The molecule has 2 rings (SSSR count). The molecule has 6 heteroatoms. The van der Waals surface area contributed by atoms with Crippen molar-refractivity contribution in [2.75, 3.05) is 0 Å². The monoisotopic (exact) mass is 179 g/mol. The predicted molar refractivity (Wildman–Crippen MR) is 45.4 cm³/mol. The molecule has 0 radical (unpaired) electrons. The summed E-state index contributed by atoms with van der Waals surface area (Å²) in [7, 11) is 0. The molecule has 6 nitrogen and oxygen atoms in total. The van der Waals surface area contributed by atoms with Crippen molar-refractivity contribution in [2.45, 2.75) is 19.9 Å². The first-order valence-corrected chi connectivity index (χ1v) is 3.98. The Morgan fingerprint density at radius 2 is 2.15 bits per heavy atom. The summed E-state index contributed by atoms with van der Waals surface area (Å²) in [5.41, 5.74) is -0.361. The van der Waals surface area contributed by atoms with Crippen molar-refractivity contribution < 1.29 is 0 Å². The zero-order chi connectivity index (χ0) is 9.42. The number of fused-ring (bicyclic) bond motifs is 1. The molecule has 0 aromatic carbocycles. The molecule has 0 aliphatic rings. The minimum Gasteiger partial charge on any atom is -0.242 e. The van der Waals surface area contributed by atoms with Gasteiger partial charge in [-0.25, -0.2) is 19.0 Å². The summed E-state index contributed by atoms with van der Waals surface area (Å²) in [4.78, 5) is 15.2. The number of hydrogen-bond donors (Lipinski definition) is 0. The molecule has 0 spiro atoms. The van der Waals surface area contributed by atoms with Crippen LogP contribution in [-0.4, -0.2) is 24.4 Å². The van der Waals surface area contributed by atoms with Gasteiger partial charge in [0, 0.05) is 12.4 Å². The molecule has 0 amide bonds. The summed E-state index contributed by atoms with van der Waals surface area (Å²) in [5.74, 6) is 0.438. The first kappa shape index (κ1) is 7.90. The van der Waals surface area contributed by atoms with Gasteiger partial charge in [-0.15, -0.1) is 5.10 Å². The van der Waals surface area contributed by atoms with Crippen molar-refractivity contribution in [1.29, 1.82) is 0 Å². The van der Waals surface area contributed by atoms with Crippen molar-refractivity contribution in [3.05, 3.63) is 22.9 Å². The van der Waals surface area contributed by atoms with Gasteiger partial charge in [0.1, 0.15) is 0 Å². The summed E-state index contributed by atoms with van der Waals surface area (Å²) in [6.07, 6.45) is 3.27. The number of nitrogens with zero attached hydrogens (tertiary/aromatic N) is 5. The van der Waals surface area contributed by atoms with E-state index in [0.29, 0.717) is 5.78 Å². The fourth-order valence-corrected chi connectivity index (χ4v) is 1.22. The van der Waals surface area contributed by atoms with Gasteiger partial charge in [0.15, 0.2) is 0 Å². The Morgan fingerprint density at radius 1 is 1.38 bits per heavy atom. The van der Waals surface area contributed by atoms with E-state index in [1.165, 1.54) is 4.68 Å². The van der Waals surface area contributed by atoms with Crippen LogP contribution in [0.2, 0.25) is 0 Å². The maximum absolute atomic E-state index is 11.3. The van der Waals surface area contributed by atoms with Crippen LogP contribution in [0.3, 0.4) is 0 Å². The highest BCUT2D eigenvalue weighted by molar-refractivity contribution is 5.21. The van der Waals surface area contributed by atoms with Gasteiger partial charge in [0.25, 0.3) is 5.78 Å². The molecular weight excluding hydrogens is 170 g/mol. The molecule has 2 aromatic rings. The molecule has 2 aromatic heterocycles. The predicted octanol–water partition coefficient (Wildman–Crippen LogP) is -0.133. The van der Waals surface area contributed by atoms with Crippen molar-refractivity contribution in [2.24, 2.45) is 0 Å². The highest BCUT2D eigenvalue weighted by Gasteiger charge is 2.07. The topological polar surface area (TPSA) is 65.1 Å². The molecule has 0 N–H and O–H groups in total. The van der Waals surface area contributed by atoms with E-state index in [4.69, 9.17) is 0 Å². The summed E-state index contributed by atoms with van der Waals surface area (Å²) >= 11 is 0. The van der Waals surface area contributed by atoms with E-state index in [9.17, 15) is 4.79 Å². The Labute approximate surface area is 73.8 Å². The van der Waals surface area contributed by atoms with Gasteiger partial charge < -0.3 is 0 Å². The summed E-state index contributed by atoms with van der Waals surface area (Å²) in [6, 6.07) is 0.0414. The number of rotatable bonds is 1. The average Bonchev–Trinajstić information content (AvgIpc) is 2.50. The quantitative estimate of drug-likeness (QED) is 0.611. The lowest BCUT2D eigenvalue weighted by atomic mass is 10.4. The lowest BCUT2D eigenvalue weighted by molar-refractivity contribution is 0.454. The summed E-state index contributed by atoms with van der Waals surface area (Å²) < 4.78 is 3.09. The second-order valence-corrected chi connectivity index (χ2v) is 2.99. The first-order valence-electron chi connectivity index (χ1n) is 3.98. The Hall–Kier alpha value is -1.72. The van der Waals surface area contributed by atoms with Crippen molar-refractivity contribution in [3.8, 4) is 0 Å². The second-order valence-electron chi connectivity index (χ2n) is 2.99. The molecule has 68 valence electrons. The Bertz CT molecular complexity index is 483. The average molecular weight is 179 g/mol. The molecule has 13 heavy (non-hydrogen) atoms. The van der Waals surface area contributed by atoms with E-state index in [2.05, 4.69) is 15.2 Å². The van der Waals surface area contributed by atoms with Crippen molar-refractivity contribution >= 4 is 5.78 Å². The van der Waals surface area contributed by atoms with Crippen LogP contribution in [0.5, 0.6) is 0 Å². The molecule has 0 saturated heterocycles. The molecule has 0 bridgehead atoms. The van der Waals surface area contributed by atoms with Gasteiger partial charge in [-0.1, -0.05) is 5.10 Å². The minimum absolute atomic E-state index is 0.0414. The van der Waals surface area contributed by atoms with E-state index in [0.717, 1.165) is 0 Å². The van der Waals surface area contributed by atoms with Crippen LogP contribution in [0.1, 0.15) is 19.9 Å². The van der Waals surface area contributed by atoms with E-state index in [1.807, 2.05) is 13.8 Å². The van der Waals surface area contributed by atoms with Crippen LogP contribution in [0.4, 0.5) is 0 Å². The second kappa shape index (κ2) is 2.65. The standard InChI is InChI=1S/C7H9N5O/c1-5(2)12-7(13)10-9-6-8-3-4-11(6)12/h3-5H,1-2H3. The fraction of sp³-hybridized carbons (Fsp3) is 0.429. The van der Waals surface area contributed by atoms with Crippen LogP contribution in [-0.2, 0) is 0 Å². The third kappa shape index (κ3) is 1.10. The SMILES string of the molecule is CC(C)n1c(=O)nnc2nccn21. The van der Waals surface area contributed by atoms with E-state index < -0.39 is 0 Å². The lowest BCUT2D eigenvalue weighted by Crippen LogP contribution is -2.30. The molecule has 2 heterocycles. The highest BCUT2D eigenvalue weighted by Crippen LogP contribution is 1.99. The number of aromatic nitrogens is 5. The lowest BCUT2D eigenvalue weighted by Gasteiger charge is -2.09. The fourth-order valence-electron chi connectivity index (χ4n) is 1.22. The van der Waals surface area contributed by atoms with Crippen molar-refractivity contribution in [1.82, 2.24) is 24.4 Å². The Balaban J connectivity index is 2.89. The van der Waals surface area contributed by atoms with E-state index >= 15 is 0 Å². The largest absolute Gasteiger partial charge is 0.381 e. The van der Waals surface area contributed by atoms with E-state index in [1.54, 1.807) is 16.9 Å². The third-order valence-electron chi connectivity index (χ3n) is 1.75.